The third-order valence-corrected chi connectivity index (χ3v) is 3.05. The number of hydrogen-bond acceptors (Lipinski definition) is 2. The first-order chi connectivity index (χ1) is 5.88. The van der Waals surface area contributed by atoms with Crippen LogP contribution >= 0.6 is 0 Å². The van der Waals surface area contributed by atoms with E-state index in [1.54, 1.807) is 0 Å². The summed E-state index contributed by atoms with van der Waals surface area (Å²) in [6.45, 7) is 2.10. The van der Waals surface area contributed by atoms with Crippen molar-refractivity contribution in [3.63, 3.8) is 0 Å². The van der Waals surface area contributed by atoms with Gasteiger partial charge in [-0.2, -0.15) is 0 Å². The highest BCUT2D eigenvalue weighted by Gasteiger charge is 2.31. The molecule has 2 rings (SSSR count). The van der Waals surface area contributed by atoms with Gasteiger partial charge < -0.3 is 4.74 Å². The first-order valence-electron chi connectivity index (χ1n) is 4.98. The van der Waals surface area contributed by atoms with E-state index in [2.05, 4.69) is 18.3 Å². The van der Waals surface area contributed by atoms with Gasteiger partial charge in [0.15, 0.2) is 0 Å². The molecule has 0 aromatic heterocycles. The molecule has 0 spiro atoms. The van der Waals surface area contributed by atoms with Crippen LogP contribution in [0.5, 0.6) is 0 Å². The van der Waals surface area contributed by atoms with Gasteiger partial charge in [-0.3, -0.25) is 0 Å². The van der Waals surface area contributed by atoms with E-state index in [4.69, 9.17) is 4.74 Å². The molecule has 0 saturated heterocycles. The molecule has 1 radical (unpaired) electrons. The lowest BCUT2D eigenvalue weighted by atomic mass is 9.82. The largest absolute Gasteiger partial charge is 0.469 e. The fraction of sp³-hybridized carbons (Fsp3) is 0.900. The van der Waals surface area contributed by atoms with Crippen LogP contribution in [0.25, 0.3) is 0 Å². The van der Waals surface area contributed by atoms with Gasteiger partial charge in [0, 0.05) is 0 Å². The molecule has 0 bridgehead atoms. The van der Waals surface area contributed by atoms with Crippen LogP contribution in [0.1, 0.15) is 39.0 Å². The topological polar surface area (TPSA) is 21.6 Å². The number of rotatable bonds is 1. The van der Waals surface area contributed by atoms with Crippen molar-refractivity contribution in [1.82, 2.24) is 0 Å². The van der Waals surface area contributed by atoms with Crippen molar-refractivity contribution in [2.45, 2.75) is 51.2 Å². The predicted octanol–water partition coefficient (Wildman–Crippen LogP) is 2.26. The molecule has 0 amide bonds. The molecule has 1 saturated carbocycles. The van der Waals surface area contributed by atoms with Crippen LogP contribution in [0.15, 0.2) is 4.99 Å². The van der Waals surface area contributed by atoms with Crippen molar-refractivity contribution in [1.29, 1.82) is 0 Å². The zero-order chi connectivity index (χ0) is 8.39. The lowest BCUT2D eigenvalue weighted by Gasteiger charge is -2.26. The van der Waals surface area contributed by atoms with Crippen molar-refractivity contribution in [2.75, 3.05) is 0 Å². The van der Waals surface area contributed by atoms with E-state index in [-0.39, 0.29) is 6.10 Å². The Morgan fingerprint density at radius 2 is 2.00 bits per heavy atom. The fourth-order valence-corrected chi connectivity index (χ4v) is 2.31. The molecular formula is C10H16NO. The molecule has 2 unspecified atom stereocenters. The Balaban J connectivity index is 1.93. The Labute approximate surface area is 74.0 Å². The number of ether oxygens (including phenoxy) is 1. The third kappa shape index (κ3) is 1.47. The average Bonchev–Trinajstić information content (AvgIpc) is 2.53. The Morgan fingerprint density at radius 1 is 1.25 bits per heavy atom. The molecule has 12 heavy (non-hydrogen) atoms. The maximum atomic E-state index is 5.20. The first kappa shape index (κ1) is 8.09. The zero-order valence-corrected chi connectivity index (χ0v) is 7.62. The molecule has 67 valence electrons. The highest BCUT2D eigenvalue weighted by atomic mass is 16.5. The third-order valence-electron chi connectivity index (χ3n) is 3.05. The smallest absolute Gasteiger partial charge is 0.273 e. The quantitative estimate of drug-likeness (QED) is 0.585. The normalized spacial score (nSPS) is 36.8. The van der Waals surface area contributed by atoms with Crippen molar-refractivity contribution in [2.24, 2.45) is 10.9 Å². The van der Waals surface area contributed by atoms with Crippen LogP contribution in [0.4, 0.5) is 0 Å². The maximum Gasteiger partial charge on any atom is 0.273 e. The van der Waals surface area contributed by atoms with Crippen molar-refractivity contribution >= 4 is 6.40 Å². The summed E-state index contributed by atoms with van der Waals surface area (Å²) in [6, 6.07) is 0.408. The molecule has 2 heteroatoms. The van der Waals surface area contributed by atoms with Crippen molar-refractivity contribution < 1.29 is 4.74 Å². The van der Waals surface area contributed by atoms with Crippen LogP contribution in [0, 0.1) is 5.92 Å². The Kier molecular flexibility index (Phi) is 2.33. The number of aliphatic imine (C=N–C) groups is 1. The van der Waals surface area contributed by atoms with E-state index < -0.39 is 0 Å². The lowest BCUT2D eigenvalue weighted by Crippen LogP contribution is -2.28. The molecule has 0 N–H and O–H groups in total. The zero-order valence-electron chi connectivity index (χ0n) is 7.62. The van der Waals surface area contributed by atoms with Crippen molar-refractivity contribution in [3.05, 3.63) is 0 Å². The second-order valence-corrected chi connectivity index (χ2v) is 3.93. The molecular weight excluding hydrogens is 150 g/mol. The fourth-order valence-electron chi connectivity index (χ4n) is 2.31. The van der Waals surface area contributed by atoms with Gasteiger partial charge in [-0.1, -0.05) is 19.3 Å². The summed E-state index contributed by atoms with van der Waals surface area (Å²) in [7, 11) is 0. The SMILES string of the molecule is CC1O[C]=NC1C1CCCCC1. The summed E-state index contributed by atoms with van der Waals surface area (Å²) in [6.07, 6.45) is 9.75. The minimum absolute atomic E-state index is 0.271. The molecule has 1 fully saturated rings. The van der Waals surface area contributed by atoms with Gasteiger partial charge in [-0.05, 0) is 25.7 Å². The number of nitrogens with zero attached hydrogens (tertiary/aromatic N) is 1. The van der Waals surface area contributed by atoms with Crippen molar-refractivity contribution in [3.8, 4) is 0 Å². The van der Waals surface area contributed by atoms with Gasteiger partial charge >= 0.3 is 0 Å². The Morgan fingerprint density at radius 3 is 2.58 bits per heavy atom. The van der Waals surface area contributed by atoms with Gasteiger partial charge in [0.1, 0.15) is 6.10 Å². The van der Waals surface area contributed by atoms with Crippen LogP contribution in [0.3, 0.4) is 0 Å². The summed E-state index contributed by atoms with van der Waals surface area (Å²) >= 11 is 0. The van der Waals surface area contributed by atoms with Gasteiger partial charge in [0.2, 0.25) is 0 Å². The Bertz CT molecular complexity index is 173. The highest BCUT2D eigenvalue weighted by molar-refractivity contribution is 5.49. The second kappa shape index (κ2) is 3.46. The van der Waals surface area contributed by atoms with Crippen LogP contribution in [0.2, 0.25) is 0 Å². The maximum absolute atomic E-state index is 5.20. The Hall–Kier alpha value is -0.530. The van der Waals surface area contributed by atoms with Gasteiger partial charge in [-0.15, -0.1) is 0 Å². The standard InChI is InChI=1S/C10H16NO/c1-8-10(11-7-12-8)9-5-3-2-4-6-9/h8-10H,2-6H2,1H3. The molecule has 1 aliphatic carbocycles. The van der Waals surface area contributed by atoms with Crippen LogP contribution < -0.4 is 0 Å². The minimum atomic E-state index is 0.271. The number of hydrogen-bond donors (Lipinski definition) is 0. The van der Waals surface area contributed by atoms with Crippen LogP contribution in [-0.4, -0.2) is 18.5 Å². The molecule has 2 nitrogen and oxygen atoms in total. The van der Waals surface area contributed by atoms with Gasteiger partial charge in [0.25, 0.3) is 6.40 Å². The molecule has 0 aromatic rings. The van der Waals surface area contributed by atoms with E-state index in [0.29, 0.717) is 6.04 Å². The molecule has 2 aliphatic rings. The first-order valence-corrected chi connectivity index (χ1v) is 4.98. The minimum Gasteiger partial charge on any atom is -0.469 e. The van der Waals surface area contributed by atoms with E-state index in [9.17, 15) is 0 Å². The lowest BCUT2D eigenvalue weighted by molar-refractivity contribution is 0.168. The summed E-state index contributed by atoms with van der Waals surface area (Å²) in [5.41, 5.74) is 0. The average molecular weight is 166 g/mol. The summed E-state index contributed by atoms with van der Waals surface area (Å²) < 4.78 is 5.20. The summed E-state index contributed by atoms with van der Waals surface area (Å²) in [5, 5.41) is 0. The van der Waals surface area contributed by atoms with Crippen LogP contribution in [-0.2, 0) is 4.74 Å². The van der Waals surface area contributed by atoms with Gasteiger partial charge in [-0.25, -0.2) is 4.99 Å². The van der Waals surface area contributed by atoms with E-state index in [1.165, 1.54) is 32.1 Å². The van der Waals surface area contributed by atoms with E-state index in [1.807, 2.05) is 0 Å². The monoisotopic (exact) mass is 166 g/mol. The molecule has 1 heterocycles. The predicted molar refractivity (Wildman–Crippen MR) is 48.3 cm³/mol. The second-order valence-electron chi connectivity index (χ2n) is 3.93. The van der Waals surface area contributed by atoms with E-state index in [0.717, 1.165) is 5.92 Å². The van der Waals surface area contributed by atoms with Gasteiger partial charge in [0.05, 0.1) is 6.04 Å². The summed E-state index contributed by atoms with van der Waals surface area (Å²) in [5.74, 6) is 0.767. The highest BCUT2D eigenvalue weighted by Crippen LogP contribution is 2.31. The molecule has 0 aromatic carbocycles. The van der Waals surface area contributed by atoms with E-state index >= 15 is 0 Å². The molecule has 2 atom stereocenters. The summed E-state index contributed by atoms with van der Waals surface area (Å²) in [4.78, 5) is 4.27. The molecule has 1 aliphatic heterocycles.